The molecule has 0 radical (unpaired) electrons. The average molecular weight is 356 g/mol. The zero-order valence-corrected chi connectivity index (χ0v) is 19.0. The zero-order valence-electron chi connectivity index (χ0n) is 17.8. The van der Waals surface area contributed by atoms with Crippen LogP contribution in [0.25, 0.3) is 0 Å². The fourth-order valence-electron chi connectivity index (χ4n) is 5.58. The molecule has 0 aliphatic heterocycles. The van der Waals surface area contributed by atoms with Crippen LogP contribution in [0.1, 0.15) is 80.6 Å². The fraction of sp³-hybridized carbons (Fsp3) is 1.00. The Morgan fingerprint density at radius 1 is 1.04 bits per heavy atom. The van der Waals surface area contributed by atoms with E-state index in [0.29, 0.717) is 11.3 Å². The second kappa shape index (κ2) is 6.09. The molecule has 0 aromatic rings. The Morgan fingerprint density at radius 2 is 1.62 bits per heavy atom. The van der Waals surface area contributed by atoms with Crippen molar-refractivity contribution in [3.05, 3.63) is 0 Å². The molecular weight excluding hydrogens is 312 g/mol. The number of hydrogen-bond donors (Lipinski definition) is 1. The third-order valence-electron chi connectivity index (χ3n) is 8.53. The second-order valence-corrected chi connectivity index (χ2v) is 17.3. The van der Waals surface area contributed by atoms with Crippen molar-refractivity contribution in [3.63, 3.8) is 0 Å². The zero-order chi connectivity index (χ0) is 18.6. The molecule has 0 heterocycles. The van der Waals surface area contributed by atoms with Crippen molar-refractivity contribution in [2.24, 2.45) is 22.7 Å². The Labute approximate surface area is 151 Å². The van der Waals surface area contributed by atoms with Gasteiger partial charge in [0.05, 0.1) is 0 Å². The first-order chi connectivity index (χ1) is 10.6. The number of rotatable bonds is 3. The molecular formula is C21H43O2Si-. The summed E-state index contributed by atoms with van der Waals surface area (Å²) in [5.74, 6) is 0.959. The van der Waals surface area contributed by atoms with Gasteiger partial charge in [0.25, 0.3) is 0 Å². The van der Waals surface area contributed by atoms with Crippen molar-refractivity contribution in [2.45, 2.75) is 104 Å². The van der Waals surface area contributed by atoms with Crippen molar-refractivity contribution < 1.29 is 9.53 Å². The Balaban J connectivity index is 2.27. The van der Waals surface area contributed by atoms with Gasteiger partial charge in [-0.15, -0.1) is 0 Å². The first-order valence-electron chi connectivity index (χ1n) is 10.2. The molecule has 0 aromatic heterocycles. The molecule has 0 bridgehead atoms. The third-order valence-corrected chi connectivity index (χ3v) is 13.7. The van der Waals surface area contributed by atoms with E-state index in [0.717, 1.165) is 19.4 Å². The van der Waals surface area contributed by atoms with Crippen LogP contribution in [0.5, 0.6) is 0 Å². The molecule has 0 saturated heterocycles. The topological polar surface area (TPSA) is 29.5 Å². The van der Waals surface area contributed by atoms with Crippen molar-refractivity contribution in [3.8, 4) is 0 Å². The fourth-order valence-corrected chi connectivity index (χ4v) is 6.75. The van der Waals surface area contributed by atoms with Crippen LogP contribution in [0.2, 0.25) is 18.1 Å². The van der Waals surface area contributed by atoms with E-state index in [1.807, 2.05) is 0 Å². The van der Waals surface area contributed by atoms with Crippen LogP contribution in [-0.4, -0.2) is 25.6 Å². The van der Waals surface area contributed by atoms with E-state index in [2.05, 4.69) is 61.6 Å². The molecule has 0 aromatic carbocycles. The van der Waals surface area contributed by atoms with Gasteiger partial charge < -0.3 is 0 Å². The minimum absolute atomic E-state index is 0.205. The van der Waals surface area contributed by atoms with E-state index in [1.165, 1.54) is 19.3 Å². The van der Waals surface area contributed by atoms with Crippen molar-refractivity contribution >= 4 is 8.32 Å². The molecule has 2 aliphatic rings. The number of fused-ring (bicyclic) bond motifs is 1. The summed E-state index contributed by atoms with van der Waals surface area (Å²) in [7, 11) is -2.11. The maximum atomic E-state index is 11.2. The molecule has 2 fully saturated rings. The molecule has 0 unspecified atom stereocenters. The standard InChI is InChI=1S/C21H43O2Si/c1-18(2,3)24(8,9)23-15-17-20(6)13-10-12-19(4,5)16(20)11-14-21(17,7)22/h16-17,22,24H,10-15H2,1-9H3/q-1/t16-,17+,20-,21+/m0/s1. The predicted octanol–water partition coefficient (Wildman–Crippen LogP) is 5.73. The molecule has 4 atom stereocenters. The molecule has 0 spiro atoms. The summed E-state index contributed by atoms with van der Waals surface area (Å²) in [6.07, 6.45) is 5.94. The summed E-state index contributed by atoms with van der Waals surface area (Å²) in [6.45, 7) is 21.8. The summed E-state index contributed by atoms with van der Waals surface area (Å²) >= 11 is 0. The molecule has 3 heteroatoms. The van der Waals surface area contributed by atoms with E-state index < -0.39 is 13.9 Å². The van der Waals surface area contributed by atoms with Crippen LogP contribution >= 0.6 is 0 Å². The Hall–Kier alpha value is 0.137. The van der Waals surface area contributed by atoms with Crippen LogP contribution in [0.4, 0.5) is 0 Å². The molecule has 2 aliphatic carbocycles. The molecule has 2 nitrogen and oxygen atoms in total. The monoisotopic (exact) mass is 355 g/mol. The second-order valence-electron chi connectivity index (χ2n) is 11.8. The third kappa shape index (κ3) is 3.50. The summed E-state index contributed by atoms with van der Waals surface area (Å²) in [5, 5.41) is 11.5. The van der Waals surface area contributed by atoms with Gasteiger partial charge in [0.1, 0.15) is 0 Å². The van der Waals surface area contributed by atoms with Gasteiger partial charge in [-0.3, -0.25) is 0 Å². The summed E-state index contributed by atoms with van der Waals surface area (Å²) in [4.78, 5) is 0. The van der Waals surface area contributed by atoms with Gasteiger partial charge in [0.2, 0.25) is 0 Å². The maximum absolute atomic E-state index is 11.2. The predicted molar refractivity (Wildman–Crippen MR) is 107 cm³/mol. The van der Waals surface area contributed by atoms with Crippen LogP contribution in [-0.2, 0) is 4.43 Å². The van der Waals surface area contributed by atoms with Crippen LogP contribution in [0, 0.1) is 22.7 Å². The van der Waals surface area contributed by atoms with E-state index in [4.69, 9.17) is 4.43 Å². The molecule has 2 rings (SSSR count). The van der Waals surface area contributed by atoms with Gasteiger partial charge in [-0.25, -0.2) is 0 Å². The average Bonchev–Trinajstić information content (AvgIpc) is 2.34. The summed E-state index contributed by atoms with van der Waals surface area (Å²) < 4.78 is 6.66. The minimum atomic E-state index is -2.11. The van der Waals surface area contributed by atoms with Crippen molar-refractivity contribution in [1.29, 1.82) is 0 Å². The molecule has 0 amide bonds. The van der Waals surface area contributed by atoms with E-state index >= 15 is 0 Å². The van der Waals surface area contributed by atoms with Crippen LogP contribution in [0.15, 0.2) is 0 Å². The Morgan fingerprint density at radius 3 is 2.17 bits per heavy atom. The first-order valence-corrected chi connectivity index (χ1v) is 13.6. The van der Waals surface area contributed by atoms with Gasteiger partial charge >= 0.3 is 151 Å². The van der Waals surface area contributed by atoms with Crippen molar-refractivity contribution in [1.82, 2.24) is 0 Å². The van der Waals surface area contributed by atoms with Crippen LogP contribution < -0.4 is 0 Å². The van der Waals surface area contributed by atoms with E-state index in [1.54, 1.807) is 0 Å². The molecule has 144 valence electrons. The van der Waals surface area contributed by atoms with Crippen molar-refractivity contribution in [2.75, 3.05) is 6.61 Å². The quantitative estimate of drug-likeness (QED) is 0.655. The van der Waals surface area contributed by atoms with Gasteiger partial charge in [0.15, 0.2) is 0 Å². The first kappa shape index (κ1) is 20.4. The molecule has 1 N–H and O–H groups in total. The normalized spacial score (nSPS) is 40.9. The van der Waals surface area contributed by atoms with Gasteiger partial charge in [-0.1, -0.05) is 0 Å². The molecule has 24 heavy (non-hydrogen) atoms. The van der Waals surface area contributed by atoms with Gasteiger partial charge in [-0.05, 0) is 0 Å². The van der Waals surface area contributed by atoms with Gasteiger partial charge in [-0.2, -0.15) is 0 Å². The summed E-state index contributed by atoms with van der Waals surface area (Å²) in [6, 6.07) is 0. The Kier molecular flexibility index (Phi) is 5.19. The summed E-state index contributed by atoms with van der Waals surface area (Å²) in [5.41, 5.74) is 0.00285. The van der Waals surface area contributed by atoms with E-state index in [-0.39, 0.29) is 16.4 Å². The number of hydrogen-bond acceptors (Lipinski definition) is 2. The van der Waals surface area contributed by atoms with E-state index in [9.17, 15) is 5.11 Å². The van der Waals surface area contributed by atoms with Crippen LogP contribution in [0.3, 0.4) is 0 Å². The van der Waals surface area contributed by atoms with Gasteiger partial charge in [0, 0.05) is 0 Å². The SMILES string of the molecule is CC1(C)CCC[C@]2(C)[C@@H](CO[SiH-](C)(C)C(C)(C)C)[C@](C)(O)CC[C@@H]12. The molecule has 2 saturated carbocycles. The number of aliphatic hydroxyl groups is 1. The Bertz CT molecular complexity index is 461.